The van der Waals surface area contributed by atoms with Crippen molar-refractivity contribution in [3.05, 3.63) is 222 Å². The molecule has 0 aliphatic heterocycles. The van der Waals surface area contributed by atoms with E-state index >= 15 is 0 Å². The second-order valence-corrected chi connectivity index (χ2v) is 13.3. The zero-order chi connectivity index (χ0) is 33.8. The molecule has 0 atom stereocenters. The highest BCUT2D eigenvalue weighted by atomic mass is 16.3. The molecule has 1 aliphatic carbocycles. The van der Waals surface area contributed by atoms with E-state index in [0.717, 1.165) is 44.6 Å². The molecule has 2 nitrogen and oxygen atoms in total. The van der Waals surface area contributed by atoms with Crippen LogP contribution in [0.1, 0.15) is 22.3 Å². The SMILES string of the molecule is c1ccc(-c2ccc3c(c2)oc2cc(N(c4ccccc4)c4ccc(C5(c6ccccc6)c6ccccc6-c6ccccc65)cc4)ccc23)cc1. The molecule has 0 radical (unpaired) electrons. The molecule has 0 amide bonds. The molecule has 240 valence electrons. The Morgan fingerprint density at radius 3 is 1.51 bits per heavy atom. The lowest BCUT2D eigenvalue weighted by atomic mass is 9.68. The van der Waals surface area contributed by atoms with E-state index in [-0.39, 0.29) is 0 Å². The van der Waals surface area contributed by atoms with Crippen LogP contribution in [0.3, 0.4) is 0 Å². The Kier molecular flexibility index (Phi) is 6.75. The van der Waals surface area contributed by atoms with Gasteiger partial charge in [0.1, 0.15) is 11.2 Å². The second-order valence-electron chi connectivity index (χ2n) is 13.3. The average molecular weight is 652 g/mol. The summed E-state index contributed by atoms with van der Waals surface area (Å²) in [5, 5.41) is 2.23. The van der Waals surface area contributed by atoms with Crippen molar-refractivity contribution >= 4 is 39.0 Å². The fourth-order valence-corrected chi connectivity index (χ4v) is 8.31. The van der Waals surface area contributed by atoms with Crippen LogP contribution in [-0.2, 0) is 5.41 Å². The minimum atomic E-state index is -0.434. The van der Waals surface area contributed by atoms with Crippen molar-refractivity contribution in [1.82, 2.24) is 0 Å². The van der Waals surface area contributed by atoms with E-state index in [0.29, 0.717) is 0 Å². The van der Waals surface area contributed by atoms with Crippen LogP contribution in [0.15, 0.2) is 205 Å². The van der Waals surface area contributed by atoms with E-state index in [4.69, 9.17) is 4.42 Å². The summed E-state index contributed by atoms with van der Waals surface area (Å²) in [4.78, 5) is 2.32. The first kappa shape index (κ1) is 29.3. The molecule has 0 N–H and O–H groups in total. The lowest BCUT2D eigenvalue weighted by Crippen LogP contribution is -2.28. The Morgan fingerprint density at radius 2 is 0.843 bits per heavy atom. The molecule has 51 heavy (non-hydrogen) atoms. The fourth-order valence-electron chi connectivity index (χ4n) is 8.31. The average Bonchev–Trinajstić information content (AvgIpc) is 3.72. The van der Waals surface area contributed by atoms with Gasteiger partial charge in [-0.2, -0.15) is 0 Å². The van der Waals surface area contributed by atoms with Crippen LogP contribution in [0.2, 0.25) is 0 Å². The number of hydrogen-bond donors (Lipinski definition) is 0. The van der Waals surface area contributed by atoms with Gasteiger partial charge >= 0.3 is 0 Å². The first-order chi connectivity index (χ1) is 25.3. The van der Waals surface area contributed by atoms with Crippen LogP contribution >= 0.6 is 0 Å². The Labute approximate surface area is 297 Å². The third kappa shape index (κ3) is 4.57. The molecule has 2 heteroatoms. The lowest BCUT2D eigenvalue weighted by Gasteiger charge is -2.34. The largest absolute Gasteiger partial charge is 0.456 e. The highest BCUT2D eigenvalue weighted by Gasteiger charge is 2.45. The van der Waals surface area contributed by atoms with Crippen molar-refractivity contribution in [2.75, 3.05) is 4.90 Å². The van der Waals surface area contributed by atoms with E-state index in [1.165, 1.54) is 38.9 Å². The van der Waals surface area contributed by atoms with Gasteiger partial charge in [-0.1, -0.05) is 146 Å². The minimum absolute atomic E-state index is 0.434. The summed E-state index contributed by atoms with van der Waals surface area (Å²) in [5.74, 6) is 0. The number of benzene rings is 8. The van der Waals surface area contributed by atoms with E-state index in [2.05, 4.69) is 199 Å². The maximum Gasteiger partial charge on any atom is 0.137 e. The molecule has 0 saturated carbocycles. The van der Waals surface area contributed by atoms with Gasteiger partial charge in [-0.3, -0.25) is 0 Å². The van der Waals surface area contributed by atoms with Crippen LogP contribution in [0.25, 0.3) is 44.2 Å². The lowest BCUT2D eigenvalue weighted by molar-refractivity contribution is 0.669. The Balaban J connectivity index is 1.12. The van der Waals surface area contributed by atoms with Crippen LogP contribution in [0.4, 0.5) is 17.1 Å². The molecular formula is C49H33NO. The second kappa shape index (κ2) is 11.8. The summed E-state index contributed by atoms with van der Waals surface area (Å²) < 4.78 is 6.57. The van der Waals surface area contributed by atoms with Crippen molar-refractivity contribution in [1.29, 1.82) is 0 Å². The highest BCUT2D eigenvalue weighted by molar-refractivity contribution is 6.07. The van der Waals surface area contributed by atoms with Gasteiger partial charge in [-0.15, -0.1) is 0 Å². The summed E-state index contributed by atoms with van der Waals surface area (Å²) >= 11 is 0. The third-order valence-corrected chi connectivity index (χ3v) is 10.6. The molecule has 1 aromatic heterocycles. The zero-order valence-corrected chi connectivity index (χ0v) is 27.9. The zero-order valence-electron chi connectivity index (χ0n) is 27.9. The first-order valence-electron chi connectivity index (χ1n) is 17.5. The van der Waals surface area contributed by atoms with Crippen molar-refractivity contribution < 1.29 is 4.42 Å². The monoisotopic (exact) mass is 651 g/mol. The smallest absolute Gasteiger partial charge is 0.137 e. The molecule has 0 bridgehead atoms. The molecule has 9 aromatic rings. The van der Waals surface area contributed by atoms with Crippen molar-refractivity contribution in [3.63, 3.8) is 0 Å². The quantitative estimate of drug-likeness (QED) is 0.178. The number of furan rings is 1. The summed E-state index contributed by atoms with van der Waals surface area (Å²) in [7, 11) is 0. The molecule has 1 heterocycles. The standard InChI is InChI=1S/C49H33NO/c1-4-14-34(15-5-1)35-24-30-43-44-31-29-40(33-48(44)51-47(43)32-35)50(38-18-8-3-9-19-38)39-27-25-37(26-28-39)49(36-16-6-2-7-17-36)45-22-12-10-20-41(45)42-21-11-13-23-46(42)49/h1-33H. The first-order valence-corrected chi connectivity index (χ1v) is 17.5. The van der Waals surface area contributed by atoms with Gasteiger partial charge in [0.25, 0.3) is 0 Å². The van der Waals surface area contributed by atoms with Crippen molar-refractivity contribution in [2.45, 2.75) is 5.41 Å². The van der Waals surface area contributed by atoms with Gasteiger partial charge in [0.05, 0.1) is 5.41 Å². The van der Waals surface area contributed by atoms with E-state index in [1.807, 2.05) is 6.07 Å². The number of rotatable bonds is 6. The fraction of sp³-hybridized carbons (Fsp3) is 0.0204. The van der Waals surface area contributed by atoms with E-state index < -0.39 is 5.41 Å². The van der Waals surface area contributed by atoms with Crippen molar-refractivity contribution in [3.8, 4) is 22.3 Å². The Hall–Kier alpha value is -6.64. The van der Waals surface area contributed by atoms with Crippen LogP contribution in [-0.4, -0.2) is 0 Å². The number of hydrogen-bond acceptors (Lipinski definition) is 2. The number of fused-ring (bicyclic) bond motifs is 6. The van der Waals surface area contributed by atoms with Crippen LogP contribution in [0.5, 0.6) is 0 Å². The molecule has 0 spiro atoms. The Bertz CT molecular complexity index is 2630. The van der Waals surface area contributed by atoms with Gasteiger partial charge in [0, 0.05) is 33.9 Å². The molecule has 0 unspecified atom stereocenters. The normalized spacial score (nSPS) is 12.9. The van der Waals surface area contributed by atoms with Crippen LogP contribution < -0.4 is 4.90 Å². The summed E-state index contributed by atoms with van der Waals surface area (Å²) in [6.45, 7) is 0. The van der Waals surface area contributed by atoms with E-state index in [9.17, 15) is 0 Å². The predicted octanol–water partition coefficient (Wildman–Crippen LogP) is 13.1. The predicted molar refractivity (Wildman–Crippen MR) is 211 cm³/mol. The molecular weight excluding hydrogens is 619 g/mol. The molecule has 10 rings (SSSR count). The maximum absolute atomic E-state index is 6.57. The summed E-state index contributed by atoms with van der Waals surface area (Å²) in [5.41, 5.74) is 14.6. The van der Waals surface area contributed by atoms with Gasteiger partial charge in [0.15, 0.2) is 0 Å². The number of anilines is 3. The van der Waals surface area contributed by atoms with Crippen molar-refractivity contribution in [2.24, 2.45) is 0 Å². The van der Waals surface area contributed by atoms with Gasteiger partial charge in [-0.25, -0.2) is 0 Å². The molecule has 0 fully saturated rings. The highest BCUT2D eigenvalue weighted by Crippen LogP contribution is 2.56. The number of nitrogens with zero attached hydrogens (tertiary/aromatic N) is 1. The third-order valence-electron chi connectivity index (χ3n) is 10.6. The summed E-state index contributed by atoms with van der Waals surface area (Å²) in [6, 6.07) is 72.1. The molecule has 8 aromatic carbocycles. The topological polar surface area (TPSA) is 16.4 Å². The van der Waals surface area contributed by atoms with Gasteiger partial charge in [0.2, 0.25) is 0 Å². The Morgan fingerprint density at radius 1 is 0.353 bits per heavy atom. The van der Waals surface area contributed by atoms with E-state index in [1.54, 1.807) is 0 Å². The molecule has 1 aliphatic rings. The molecule has 0 saturated heterocycles. The minimum Gasteiger partial charge on any atom is -0.456 e. The number of para-hydroxylation sites is 1. The van der Waals surface area contributed by atoms with Gasteiger partial charge < -0.3 is 9.32 Å². The van der Waals surface area contributed by atoms with Gasteiger partial charge in [-0.05, 0) is 93.0 Å². The summed E-state index contributed by atoms with van der Waals surface area (Å²) in [6.07, 6.45) is 0. The van der Waals surface area contributed by atoms with Crippen LogP contribution in [0, 0.1) is 0 Å². The maximum atomic E-state index is 6.57.